The normalized spacial score (nSPS) is 57.3. The third-order valence-electron chi connectivity index (χ3n) is 8.92. The minimum absolute atomic E-state index is 0.0752. The second-order valence-corrected chi connectivity index (χ2v) is 9.70. The van der Waals surface area contributed by atoms with Crippen molar-refractivity contribution in [2.24, 2.45) is 39.9 Å². The number of cyclic esters (lactones) is 1. The van der Waals surface area contributed by atoms with Crippen molar-refractivity contribution < 1.29 is 29.6 Å². The molecule has 5 rings (SSSR count). The lowest BCUT2D eigenvalue weighted by Gasteiger charge is -2.58. The molecule has 0 aromatic heterocycles. The molecule has 4 saturated carbocycles. The first-order chi connectivity index (χ1) is 12.2. The molecule has 1 saturated heterocycles. The van der Waals surface area contributed by atoms with Crippen molar-refractivity contribution in [1.82, 2.24) is 0 Å². The van der Waals surface area contributed by atoms with Crippen LogP contribution < -0.4 is 0 Å². The van der Waals surface area contributed by atoms with Crippen LogP contribution in [-0.4, -0.2) is 46.1 Å². The topological polar surface area (TPSA) is 104 Å². The molecule has 6 nitrogen and oxygen atoms in total. The van der Waals surface area contributed by atoms with Crippen LogP contribution in [0, 0.1) is 39.9 Å². The summed E-state index contributed by atoms with van der Waals surface area (Å²) in [6.45, 7) is 5.98. The maximum Gasteiger partial charge on any atom is 0.314 e. The second-order valence-electron chi connectivity index (χ2n) is 9.70. The zero-order chi connectivity index (χ0) is 18.6. The number of aliphatic hydroxyl groups is 2. The highest BCUT2D eigenvalue weighted by atomic mass is 16.5. The van der Waals surface area contributed by atoms with Crippen molar-refractivity contribution in [2.75, 3.05) is 6.61 Å². The van der Waals surface area contributed by atoms with Gasteiger partial charge in [0.1, 0.15) is 0 Å². The summed E-state index contributed by atoms with van der Waals surface area (Å²) in [5.41, 5.74) is -1.26. The molecule has 142 valence electrons. The molecule has 4 aliphatic carbocycles. The fourth-order valence-corrected chi connectivity index (χ4v) is 8.20. The fourth-order valence-electron chi connectivity index (χ4n) is 8.20. The number of esters is 1. The van der Waals surface area contributed by atoms with Gasteiger partial charge < -0.3 is 20.1 Å². The molecule has 3 N–H and O–H groups in total. The minimum Gasteiger partial charge on any atom is -0.481 e. The van der Waals surface area contributed by atoms with Crippen LogP contribution in [0.2, 0.25) is 0 Å². The Kier molecular flexibility index (Phi) is 3.03. The lowest BCUT2D eigenvalue weighted by atomic mass is 9.49. The smallest absolute Gasteiger partial charge is 0.314 e. The number of hydrogen-bond acceptors (Lipinski definition) is 5. The number of fused-ring (bicyclic) bond motifs is 1. The number of rotatable bonds is 1. The van der Waals surface area contributed by atoms with Gasteiger partial charge in [-0.05, 0) is 56.3 Å². The molecule has 0 aromatic rings. The quantitative estimate of drug-likeness (QED) is 0.481. The van der Waals surface area contributed by atoms with E-state index in [0.29, 0.717) is 18.8 Å². The Morgan fingerprint density at radius 1 is 1.23 bits per heavy atom. The van der Waals surface area contributed by atoms with Gasteiger partial charge >= 0.3 is 11.9 Å². The second kappa shape index (κ2) is 4.71. The molecule has 5 fully saturated rings. The Balaban J connectivity index is 1.77. The van der Waals surface area contributed by atoms with Crippen LogP contribution in [0.4, 0.5) is 0 Å². The molecule has 1 unspecified atom stereocenters. The average molecular weight is 362 g/mol. The predicted octanol–water partition coefficient (Wildman–Crippen LogP) is 1.35. The van der Waals surface area contributed by atoms with Crippen LogP contribution in [-0.2, 0) is 14.3 Å². The maximum atomic E-state index is 12.8. The van der Waals surface area contributed by atoms with E-state index in [9.17, 15) is 24.9 Å². The van der Waals surface area contributed by atoms with Crippen molar-refractivity contribution in [2.45, 2.75) is 51.2 Å². The van der Waals surface area contributed by atoms with E-state index in [0.717, 1.165) is 24.8 Å². The van der Waals surface area contributed by atoms with Gasteiger partial charge in [-0.1, -0.05) is 12.2 Å². The highest BCUT2D eigenvalue weighted by Crippen LogP contribution is 2.78. The number of ether oxygens (including phenoxy) is 1. The highest BCUT2D eigenvalue weighted by Gasteiger charge is 2.80. The molecule has 6 heteroatoms. The third-order valence-corrected chi connectivity index (χ3v) is 8.92. The van der Waals surface area contributed by atoms with E-state index in [1.165, 1.54) is 0 Å². The van der Waals surface area contributed by atoms with Gasteiger partial charge in [-0.15, -0.1) is 0 Å². The van der Waals surface area contributed by atoms with E-state index >= 15 is 0 Å². The highest BCUT2D eigenvalue weighted by molar-refractivity contribution is 5.83. The Labute approximate surface area is 152 Å². The maximum absolute atomic E-state index is 12.8. The van der Waals surface area contributed by atoms with Crippen molar-refractivity contribution >= 4 is 11.9 Å². The van der Waals surface area contributed by atoms with Crippen LogP contribution in [0.25, 0.3) is 0 Å². The molecular weight excluding hydrogens is 336 g/mol. The van der Waals surface area contributed by atoms with E-state index in [1.807, 2.05) is 0 Å². The standard InChI is InChI=1S/C20H26O6/c1-9-5-19-6-10(9)3-4-12(19)20-7-11(21)15(22)18(2,17(25)26-8-20)14(20)13(19)16(23)24/h10-15,21-22H,1,3-8H2,2H3,(H,23,24)/t10?,11-,12+,13+,14+,15-,18-,19-,20+/m0/s1. The minimum atomic E-state index is -1.38. The molecule has 1 heterocycles. The van der Waals surface area contributed by atoms with Crippen LogP contribution in [0.5, 0.6) is 0 Å². The van der Waals surface area contributed by atoms with E-state index < -0.39 is 52.2 Å². The van der Waals surface area contributed by atoms with Crippen molar-refractivity contribution in [3.05, 3.63) is 12.2 Å². The van der Waals surface area contributed by atoms with Crippen molar-refractivity contribution in [3.63, 3.8) is 0 Å². The average Bonchev–Trinajstić information content (AvgIpc) is 2.98. The molecule has 1 aliphatic heterocycles. The Hall–Kier alpha value is -1.40. The fraction of sp³-hybridized carbons (Fsp3) is 0.800. The summed E-state index contributed by atoms with van der Waals surface area (Å²) in [7, 11) is 0. The zero-order valence-electron chi connectivity index (χ0n) is 15.0. The van der Waals surface area contributed by atoms with Gasteiger partial charge in [0, 0.05) is 11.3 Å². The van der Waals surface area contributed by atoms with E-state index in [2.05, 4.69) is 6.58 Å². The van der Waals surface area contributed by atoms with Crippen molar-refractivity contribution in [3.8, 4) is 0 Å². The van der Waals surface area contributed by atoms with E-state index in [1.54, 1.807) is 6.92 Å². The van der Waals surface area contributed by atoms with Crippen LogP contribution in [0.3, 0.4) is 0 Å². The summed E-state index contributed by atoms with van der Waals surface area (Å²) >= 11 is 0. The number of allylic oxidation sites excluding steroid dienone is 1. The number of hydrogen-bond donors (Lipinski definition) is 3. The molecular formula is C20H26O6. The SMILES string of the molecule is C=C1C[C@]23CC1CC[C@H]2[C@]12COC(=O)[C@](C)([C@@H](O)[C@@H](O)C1)[C@H]2[C@@H]3C(=O)O. The number of carbonyl (C=O) groups excluding carboxylic acids is 1. The molecule has 4 bridgehead atoms. The van der Waals surface area contributed by atoms with Gasteiger partial charge in [0.05, 0.1) is 30.1 Å². The first-order valence-corrected chi connectivity index (χ1v) is 9.62. The van der Waals surface area contributed by atoms with E-state index in [-0.39, 0.29) is 12.5 Å². The summed E-state index contributed by atoms with van der Waals surface area (Å²) in [6, 6.07) is 0. The molecule has 1 spiro atoms. The number of carboxylic acid groups (broad SMARTS) is 1. The van der Waals surface area contributed by atoms with Gasteiger partial charge in [-0.3, -0.25) is 9.59 Å². The number of aliphatic hydroxyl groups excluding tert-OH is 2. The Morgan fingerprint density at radius 2 is 1.96 bits per heavy atom. The first kappa shape index (κ1) is 16.8. The van der Waals surface area contributed by atoms with Gasteiger partial charge in [0.15, 0.2) is 0 Å². The van der Waals surface area contributed by atoms with Gasteiger partial charge in [-0.2, -0.15) is 0 Å². The molecule has 0 amide bonds. The Bertz CT molecular complexity index is 732. The van der Waals surface area contributed by atoms with Gasteiger partial charge in [-0.25, -0.2) is 0 Å². The predicted molar refractivity (Wildman–Crippen MR) is 89.8 cm³/mol. The first-order valence-electron chi connectivity index (χ1n) is 9.62. The summed E-state index contributed by atoms with van der Waals surface area (Å²) < 4.78 is 5.55. The summed E-state index contributed by atoms with van der Waals surface area (Å²) in [4.78, 5) is 25.3. The zero-order valence-corrected chi connectivity index (χ0v) is 15.0. The summed E-state index contributed by atoms with van der Waals surface area (Å²) in [5, 5.41) is 31.6. The van der Waals surface area contributed by atoms with Crippen LogP contribution in [0.1, 0.15) is 39.0 Å². The lowest BCUT2D eigenvalue weighted by molar-refractivity contribution is -0.241. The monoisotopic (exact) mass is 362 g/mol. The van der Waals surface area contributed by atoms with Crippen LogP contribution in [0.15, 0.2) is 12.2 Å². The number of carboxylic acids is 1. The molecule has 26 heavy (non-hydrogen) atoms. The molecule has 9 atom stereocenters. The molecule has 0 aromatic carbocycles. The molecule has 0 radical (unpaired) electrons. The third kappa shape index (κ3) is 1.55. The largest absolute Gasteiger partial charge is 0.481 e. The number of aliphatic carboxylic acids is 1. The van der Waals surface area contributed by atoms with E-state index in [4.69, 9.17) is 4.74 Å². The Morgan fingerprint density at radius 3 is 2.65 bits per heavy atom. The molecule has 5 aliphatic rings. The van der Waals surface area contributed by atoms with Gasteiger partial charge in [0.2, 0.25) is 0 Å². The van der Waals surface area contributed by atoms with Crippen LogP contribution >= 0.6 is 0 Å². The lowest BCUT2D eigenvalue weighted by Crippen LogP contribution is -2.67. The van der Waals surface area contributed by atoms with Crippen molar-refractivity contribution in [1.29, 1.82) is 0 Å². The summed E-state index contributed by atoms with van der Waals surface area (Å²) in [6.07, 6.45) is 1.30. The van der Waals surface area contributed by atoms with Gasteiger partial charge in [0.25, 0.3) is 0 Å². The summed E-state index contributed by atoms with van der Waals surface area (Å²) in [5.74, 6) is -2.26. The number of carbonyl (C=O) groups is 2.